The van der Waals surface area contributed by atoms with Crippen molar-refractivity contribution in [2.24, 2.45) is 0 Å². The highest BCUT2D eigenvalue weighted by molar-refractivity contribution is 6.33. The number of anilines is 1. The van der Waals surface area contributed by atoms with Crippen LogP contribution < -0.4 is 5.32 Å². The summed E-state index contributed by atoms with van der Waals surface area (Å²) < 4.78 is 0. The molecule has 2 amide bonds. The van der Waals surface area contributed by atoms with Crippen LogP contribution in [0.15, 0.2) is 42.5 Å². The van der Waals surface area contributed by atoms with Crippen LogP contribution in [-0.2, 0) is 4.79 Å². The van der Waals surface area contributed by atoms with E-state index in [1.54, 1.807) is 30.0 Å². The Morgan fingerprint density at radius 3 is 2.47 bits per heavy atom. The van der Waals surface area contributed by atoms with E-state index in [2.05, 4.69) is 5.32 Å². The van der Waals surface area contributed by atoms with E-state index in [-0.39, 0.29) is 39.5 Å². The molecule has 1 saturated heterocycles. The van der Waals surface area contributed by atoms with E-state index in [1.807, 2.05) is 4.90 Å². The molecule has 10 heteroatoms. The van der Waals surface area contributed by atoms with Crippen LogP contribution in [0.25, 0.3) is 0 Å². The first-order chi connectivity index (χ1) is 14.3. The number of carbonyl (C=O) groups is 2. The molecule has 9 nitrogen and oxygen atoms in total. The lowest BCUT2D eigenvalue weighted by Crippen LogP contribution is -2.54. The van der Waals surface area contributed by atoms with Gasteiger partial charge in [-0.3, -0.25) is 24.6 Å². The van der Waals surface area contributed by atoms with Crippen LogP contribution >= 0.6 is 11.6 Å². The van der Waals surface area contributed by atoms with Gasteiger partial charge in [0.15, 0.2) is 0 Å². The smallest absolute Gasteiger partial charge is 0.271 e. The standard InChI is InChI=1S/C20H21ClN4O5/c1-13(19(27)22-17-12-14(25(29)30)6-7-16(17)21)23-8-10-24(11-9-23)20(28)15-4-2-3-5-18(15)26/h2-7,12-13,26H,8-11H2,1H3,(H,22,27)/t13-/m1/s1. The number of amides is 2. The van der Waals surface area contributed by atoms with Crippen molar-refractivity contribution in [3.05, 3.63) is 63.2 Å². The lowest BCUT2D eigenvalue weighted by atomic mass is 10.1. The Kier molecular flexibility index (Phi) is 6.53. The fourth-order valence-electron chi connectivity index (χ4n) is 3.26. The maximum absolute atomic E-state index is 12.6. The average molecular weight is 433 g/mol. The number of halogens is 1. The SMILES string of the molecule is C[C@H](C(=O)Nc1cc([N+](=O)[O-])ccc1Cl)N1CCN(C(=O)c2ccccc2O)CC1. The van der Waals surface area contributed by atoms with Crippen molar-refractivity contribution in [3.8, 4) is 5.75 Å². The first kappa shape index (κ1) is 21.5. The number of hydrogen-bond donors (Lipinski definition) is 2. The van der Waals surface area contributed by atoms with Crippen molar-refractivity contribution in [1.82, 2.24) is 9.80 Å². The Balaban J connectivity index is 1.60. The van der Waals surface area contributed by atoms with Gasteiger partial charge in [0.25, 0.3) is 11.6 Å². The van der Waals surface area contributed by atoms with Gasteiger partial charge in [-0.05, 0) is 25.1 Å². The second-order valence-electron chi connectivity index (χ2n) is 6.93. The highest BCUT2D eigenvalue weighted by atomic mass is 35.5. The fourth-order valence-corrected chi connectivity index (χ4v) is 3.43. The first-order valence-electron chi connectivity index (χ1n) is 9.34. The number of rotatable bonds is 5. The van der Waals surface area contributed by atoms with Gasteiger partial charge in [0.05, 0.1) is 27.2 Å². The molecule has 30 heavy (non-hydrogen) atoms. The van der Waals surface area contributed by atoms with Crippen molar-refractivity contribution >= 4 is 34.8 Å². The summed E-state index contributed by atoms with van der Waals surface area (Å²) in [6, 6.07) is 9.70. The second kappa shape index (κ2) is 9.10. The van der Waals surface area contributed by atoms with Crippen LogP contribution in [0.2, 0.25) is 5.02 Å². The van der Waals surface area contributed by atoms with Crippen molar-refractivity contribution in [3.63, 3.8) is 0 Å². The molecule has 1 heterocycles. The van der Waals surface area contributed by atoms with Gasteiger partial charge >= 0.3 is 0 Å². The quantitative estimate of drug-likeness (QED) is 0.554. The summed E-state index contributed by atoms with van der Waals surface area (Å²) in [5.74, 6) is -0.669. The van der Waals surface area contributed by atoms with Crippen LogP contribution in [0.5, 0.6) is 5.75 Å². The molecule has 1 aliphatic heterocycles. The molecule has 1 atom stereocenters. The van der Waals surface area contributed by atoms with Gasteiger partial charge in [0.1, 0.15) is 5.75 Å². The zero-order valence-corrected chi connectivity index (χ0v) is 17.0. The summed E-state index contributed by atoms with van der Waals surface area (Å²) in [5, 5.41) is 23.7. The molecular formula is C20H21ClN4O5. The molecule has 2 aromatic carbocycles. The van der Waals surface area contributed by atoms with Crippen LogP contribution in [0, 0.1) is 10.1 Å². The molecule has 0 radical (unpaired) electrons. The summed E-state index contributed by atoms with van der Waals surface area (Å²) >= 11 is 6.04. The Bertz CT molecular complexity index is 975. The number of para-hydroxylation sites is 1. The number of aromatic hydroxyl groups is 1. The third kappa shape index (κ3) is 4.69. The Morgan fingerprint density at radius 1 is 1.17 bits per heavy atom. The van der Waals surface area contributed by atoms with Gasteiger partial charge < -0.3 is 15.3 Å². The third-order valence-corrected chi connectivity index (χ3v) is 5.41. The predicted molar refractivity (Wildman–Crippen MR) is 112 cm³/mol. The molecule has 0 unspecified atom stereocenters. The van der Waals surface area contributed by atoms with E-state index >= 15 is 0 Å². The highest BCUT2D eigenvalue weighted by Gasteiger charge is 2.29. The van der Waals surface area contributed by atoms with Crippen LogP contribution in [0.1, 0.15) is 17.3 Å². The number of non-ortho nitro benzene ring substituents is 1. The monoisotopic (exact) mass is 432 g/mol. The van der Waals surface area contributed by atoms with E-state index in [0.29, 0.717) is 26.2 Å². The van der Waals surface area contributed by atoms with Gasteiger partial charge in [0.2, 0.25) is 5.91 Å². The van der Waals surface area contributed by atoms with Crippen LogP contribution in [0.4, 0.5) is 11.4 Å². The zero-order chi connectivity index (χ0) is 21.8. The Hall–Kier alpha value is -3.17. The number of carbonyl (C=O) groups excluding carboxylic acids is 2. The van der Waals surface area contributed by atoms with Gasteiger partial charge in [-0.2, -0.15) is 0 Å². The summed E-state index contributed by atoms with van der Waals surface area (Å²) in [4.78, 5) is 39.1. The molecule has 1 fully saturated rings. The number of piperazine rings is 1. The lowest BCUT2D eigenvalue weighted by Gasteiger charge is -2.37. The summed E-state index contributed by atoms with van der Waals surface area (Å²) in [5.41, 5.74) is 0.256. The van der Waals surface area contributed by atoms with E-state index < -0.39 is 11.0 Å². The van der Waals surface area contributed by atoms with E-state index in [4.69, 9.17) is 11.6 Å². The summed E-state index contributed by atoms with van der Waals surface area (Å²) in [7, 11) is 0. The lowest BCUT2D eigenvalue weighted by molar-refractivity contribution is -0.384. The molecule has 0 spiro atoms. The van der Waals surface area contributed by atoms with Crippen LogP contribution in [-0.4, -0.2) is 63.9 Å². The Morgan fingerprint density at radius 2 is 1.83 bits per heavy atom. The number of phenolic OH excluding ortho intramolecular Hbond substituents is 1. The van der Waals surface area contributed by atoms with Crippen molar-refractivity contribution in [1.29, 1.82) is 0 Å². The van der Waals surface area contributed by atoms with Gasteiger partial charge in [0, 0.05) is 38.3 Å². The molecule has 1 aliphatic rings. The van der Waals surface area contributed by atoms with Crippen molar-refractivity contribution < 1.29 is 19.6 Å². The number of nitro benzene ring substituents is 1. The zero-order valence-electron chi connectivity index (χ0n) is 16.2. The number of benzene rings is 2. The molecule has 0 bridgehead atoms. The topological polar surface area (TPSA) is 116 Å². The highest BCUT2D eigenvalue weighted by Crippen LogP contribution is 2.27. The summed E-state index contributed by atoms with van der Waals surface area (Å²) in [6.07, 6.45) is 0. The molecule has 2 aromatic rings. The molecule has 2 N–H and O–H groups in total. The molecule has 158 valence electrons. The average Bonchev–Trinajstić information content (AvgIpc) is 2.74. The fraction of sp³-hybridized carbons (Fsp3) is 0.300. The van der Waals surface area contributed by atoms with E-state index in [1.165, 1.54) is 24.3 Å². The normalized spacial score (nSPS) is 15.5. The number of nitro groups is 1. The minimum absolute atomic E-state index is 0.0634. The van der Waals surface area contributed by atoms with Gasteiger partial charge in [-0.1, -0.05) is 23.7 Å². The molecule has 0 aromatic heterocycles. The number of phenols is 1. The predicted octanol–water partition coefficient (Wildman–Crippen LogP) is 2.74. The third-order valence-electron chi connectivity index (χ3n) is 5.08. The number of nitrogens with zero attached hydrogens (tertiary/aromatic N) is 3. The van der Waals surface area contributed by atoms with E-state index in [0.717, 1.165) is 0 Å². The second-order valence-corrected chi connectivity index (χ2v) is 7.34. The van der Waals surface area contributed by atoms with Crippen molar-refractivity contribution in [2.45, 2.75) is 13.0 Å². The first-order valence-corrected chi connectivity index (χ1v) is 9.72. The molecule has 0 aliphatic carbocycles. The maximum Gasteiger partial charge on any atom is 0.271 e. The molecular weight excluding hydrogens is 412 g/mol. The largest absolute Gasteiger partial charge is 0.507 e. The minimum Gasteiger partial charge on any atom is -0.507 e. The van der Waals surface area contributed by atoms with Crippen molar-refractivity contribution in [2.75, 3.05) is 31.5 Å². The number of nitrogens with one attached hydrogen (secondary N) is 1. The summed E-state index contributed by atoms with van der Waals surface area (Å²) in [6.45, 7) is 3.47. The number of hydrogen-bond acceptors (Lipinski definition) is 6. The van der Waals surface area contributed by atoms with Gasteiger partial charge in [-0.15, -0.1) is 0 Å². The molecule has 0 saturated carbocycles. The molecule has 3 rings (SSSR count). The van der Waals surface area contributed by atoms with E-state index in [9.17, 15) is 24.8 Å². The minimum atomic E-state index is -0.559. The Labute approximate surface area is 178 Å². The van der Waals surface area contributed by atoms with Gasteiger partial charge in [-0.25, -0.2) is 0 Å². The van der Waals surface area contributed by atoms with Crippen LogP contribution in [0.3, 0.4) is 0 Å². The maximum atomic E-state index is 12.6.